The van der Waals surface area contributed by atoms with E-state index < -0.39 is 17.0 Å². The highest BCUT2D eigenvalue weighted by atomic mass is 16.6. The smallest absolute Gasteiger partial charge is 0.335 e. The third-order valence-corrected chi connectivity index (χ3v) is 2.16. The molecular weight excluding hydrogens is 226 g/mol. The van der Waals surface area contributed by atoms with Crippen molar-refractivity contribution in [1.82, 2.24) is 0 Å². The zero-order chi connectivity index (χ0) is 12.8. The van der Waals surface area contributed by atoms with Crippen LogP contribution in [0.15, 0.2) is 24.3 Å². The minimum absolute atomic E-state index is 0.115. The standard InChI is InChI=1S/C11H13NO5/c1-2-17-11(14)10(13)7-8-5-3-4-6-9(8)12(15)16/h3-6,10,13H,2,7H2,1H3. The van der Waals surface area contributed by atoms with Crippen LogP contribution in [-0.4, -0.2) is 28.7 Å². The van der Waals surface area contributed by atoms with Gasteiger partial charge in [-0.25, -0.2) is 4.79 Å². The van der Waals surface area contributed by atoms with Crippen molar-refractivity contribution in [3.63, 3.8) is 0 Å². The quantitative estimate of drug-likeness (QED) is 0.471. The van der Waals surface area contributed by atoms with E-state index in [1.54, 1.807) is 13.0 Å². The molecule has 1 aromatic carbocycles. The zero-order valence-electron chi connectivity index (χ0n) is 9.33. The van der Waals surface area contributed by atoms with Gasteiger partial charge in [-0.15, -0.1) is 0 Å². The maximum atomic E-state index is 11.2. The van der Waals surface area contributed by atoms with Crippen LogP contribution in [0.3, 0.4) is 0 Å². The third-order valence-electron chi connectivity index (χ3n) is 2.16. The van der Waals surface area contributed by atoms with Crippen molar-refractivity contribution in [3.8, 4) is 0 Å². The van der Waals surface area contributed by atoms with Gasteiger partial charge in [-0.2, -0.15) is 0 Å². The molecule has 1 atom stereocenters. The van der Waals surface area contributed by atoms with E-state index in [0.717, 1.165) is 0 Å². The SMILES string of the molecule is CCOC(=O)C(O)Cc1ccccc1[N+](=O)[O-]. The first kappa shape index (κ1) is 13.1. The van der Waals surface area contributed by atoms with Crippen molar-refractivity contribution in [2.45, 2.75) is 19.4 Å². The first-order valence-corrected chi connectivity index (χ1v) is 5.13. The number of nitrogens with zero attached hydrogens (tertiary/aromatic N) is 1. The van der Waals surface area contributed by atoms with Crippen molar-refractivity contribution in [2.75, 3.05) is 6.61 Å². The summed E-state index contributed by atoms with van der Waals surface area (Å²) in [6.07, 6.45) is -1.51. The normalized spacial score (nSPS) is 11.9. The minimum Gasteiger partial charge on any atom is -0.464 e. The van der Waals surface area contributed by atoms with E-state index in [0.29, 0.717) is 5.56 Å². The zero-order valence-corrected chi connectivity index (χ0v) is 9.33. The molecule has 6 nitrogen and oxygen atoms in total. The van der Waals surface area contributed by atoms with Gasteiger partial charge in [0.1, 0.15) is 0 Å². The van der Waals surface area contributed by atoms with Gasteiger partial charge in [0.05, 0.1) is 11.5 Å². The number of nitro groups is 1. The summed E-state index contributed by atoms with van der Waals surface area (Å²) in [5.74, 6) is -0.773. The highest BCUT2D eigenvalue weighted by Crippen LogP contribution is 2.19. The van der Waals surface area contributed by atoms with Crippen LogP contribution in [0.4, 0.5) is 5.69 Å². The fraction of sp³-hybridized carbons (Fsp3) is 0.364. The van der Waals surface area contributed by atoms with Crippen LogP contribution in [0, 0.1) is 10.1 Å². The number of nitro benzene ring substituents is 1. The number of ether oxygens (including phenoxy) is 1. The molecule has 1 aromatic rings. The monoisotopic (exact) mass is 239 g/mol. The largest absolute Gasteiger partial charge is 0.464 e. The lowest BCUT2D eigenvalue weighted by atomic mass is 10.1. The number of esters is 1. The van der Waals surface area contributed by atoms with Crippen molar-refractivity contribution >= 4 is 11.7 Å². The number of hydrogen-bond acceptors (Lipinski definition) is 5. The molecule has 1 N–H and O–H groups in total. The predicted molar refractivity (Wildman–Crippen MR) is 59.4 cm³/mol. The second-order valence-electron chi connectivity index (χ2n) is 3.36. The predicted octanol–water partition coefficient (Wildman–Crippen LogP) is 1.06. The molecule has 1 unspecified atom stereocenters. The summed E-state index contributed by atoms with van der Waals surface area (Å²) in [6.45, 7) is 1.78. The van der Waals surface area contributed by atoms with E-state index in [2.05, 4.69) is 4.74 Å². The van der Waals surface area contributed by atoms with Gasteiger partial charge in [0.2, 0.25) is 0 Å². The number of carbonyl (C=O) groups excluding carboxylic acids is 1. The Morgan fingerprint density at radius 2 is 2.18 bits per heavy atom. The highest BCUT2D eigenvalue weighted by molar-refractivity contribution is 5.75. The molecule has 17 heavy (non-hydrogen) atoms. The number of benzene rings is 1. The topological polar surface area (TPSA) is 89.7 Å². The lowest BCUT2D eigenvalue weighted by Crippen LogP contribution is -2.25. The van der Waals surface area contributed by atoms with Crippen LogP contribution < -0.4 is 0 Å². The summed E-state index contributed by atoms with van der Waals surface area (Å²) in [5.41, 5.74) is 0.189. The van der Waals surface area contributed by atoms with Gasteiger partial charge in [-0.05, 0) is 6.92 Å². The second kappa shape index (κ2) is 5.95. The van der Waals surface area contributed by atoms with E-state index in [1.807, 2.05) is 0 Å². The Hall–Kier alpha value is -1.95. The van der Waals surface area contributed by atoms with Gasteiger partial charge < -0.3 is 9.84 Å². The summed E-state index contributed by atoms with van der Waals surface area (Å²) in [5, 5.41) is 20.2. The van der Waals surface area contributed by atoms with Crippen LogP contribution in [0.1, 0.15) is 12.5 Å². The van der Waals surface area contributed by atoms with Crippen molar-refractivity contribution < 1.29 is 19.6 Å². The molecule has 0 aliphatic carbocycles. The summed E-state index contributed by atoms with van der Waals surface area (Å²) in [6, 6.07) is 5.96. The van der Waals surface area contributed by atoms with E-state index in [-0.39, 0.29) is 18.7 Å². The van der Waals surface area contributed by atoms with E-state index >= 15 is 0 Å². The van der Waals surface area contributed by atoms with Gasteiger partial charge in [-0.3, -0.25) is 10.1 Å². The van der Waals surface area contributed by atoms with Crippen molar-refractivity contribution in [3.05, 3.63) is 39.9 Å². The molecule has 0 heterocycles. The maximum absolute atomic E-state index is 11.2. The fourth-order valence-electron chi connectivity index (χ4n) is 1.39. The number of carbonyl (C=O) groups is 1. The van der Waals surface area contributed by atoms with Gasteiger partial charge in [0.15, 0.2) is 6.10 Å². The van der Waals surface area contributed by atoms with Crippen LogP contribution in [0.2, 0.25) is 0 Å². The average Bonchev–Trinajstić information content (AvgIpc) is 2.29. The van der Waals surface area contributed by atoms with E-state index in [4.69, 9.17) is 0 Å². The first-order valence-electron chi connectivity index (χ1n) is 5.13. The first-order chi connectivity index (χ1) is 8.06. The van der Waals surface area contributed by atoms with Crippen LogP contribution >= 0.6 is 0 Å². The van der Waals surface area contributed by atoms with E-state index in [1.165, 1.54) is 18.2 Å². The summed E-state index contributed by atoms with van der Waals surface area (Å²) in [7, 11) is 0. The Labute approximate surface area is 98.0 Å². The summed E-state index contributed by atoms with van der Waals surface area (Å²) in [4.78, 5) is 21.3. The molecule has 92 valence electrons. The summed E-state index contributed by atoms with van der Waals surface area (Å²) < 4.78 is 4.62. The molecule has 6 heteroatoms. The van der Waals surface area contributed by atoms with Gasteiger partial charge in [0, 0.05) is 18.1 Å². The number of aliphatic hydroxyl groups excluding tert-OH is 1. The fourth-order valence-corrected chi connectivity index (χ4v) is 1.39. The van der Waals surface area contributed by atoms with Crippen LogP contribution in [0.5, 0.6) is 0 Å². The van der Waals surface area contributed by atoms with Crippen molar-refractivity contribution in [1.29, 1.82) is 0 Å². The van der Waals surface area contributed by atoms with E-state index in [9.17, 15) is 20.0 Å². The molecule has 0 aliphatic heterocycles. The summed E-state index contributed by atoms with van der Waals surface area (Å²) >= 11 is 0. The Morgan fingerprint density at radius 1 is 1.53 bits per heavy atom. The Morgan fingerprint density at radius 3 is 2.76 bits per heavy atom. The number of para-hydroxylation sites is 1. The molecule has 0 radical (unpaired) electrons. The minimum atomic E-state index is -1.38. The Kier molecular flexibility index (Phi) is 4.59. The van der Waals surface area contributed by atoms with Crippen molar-refractivity contribution in [2.24, 2.45) is 0 Å². The van der Waals surface area contributed by atoms with Gasteiger partial charge in [-0.1, -0.05) is 18.2 Å². The average molecular weight is 239 g/mol. The Bertz CT molecular complexity index is 418. The Balaban J connectivity index is 2.81. The number of rotatable bonds is 5. The molecule has 0 spiro atoms. The molecule has 0 amide bonds. The molecular formula is C11H13NO5. The lowest BCUT2D eigenvalue weighted by Gasteiger charge is -2.09. The molecule has 0 bridgehead atoms. The van der Waals surface area contributed by atoms with Gasteiger partial charge in [0.25, 0.3) is 5.69 Å². The molecule has 0 aliphatic rings. The van der Waals surface area contributed by atoms with Crippen LogP contribution in [-0.2, 0) is 16.0 Å². The number of hydrogen-bond donors (Lipinski definition) is 1. The molecule has 0 saturated heterocycles. The second-order valence-corrected chi connectivity index (χ2v) is 3.36. The van der Waals surface area contributed by atoms with Crippen LogP contribution in [0.25, 0.3) is 0 Å². The number of aliphatic hydroxyl groups is 1. The molecule has 0 aromatic heterocycles. The maximum Gasteiger partial charge on any atom is 0.335 e. The van der Waals surface area contributed by atoms with Gasteiger partial charge >= 0.3 is 5.97 Å². The molecule has 0 fully saturated rings. The highest BCUT2D eigenvalue weighted by Gasteiger charge is 2.21. The molecule has 0 saturated carbocycles. The molecule has 1 rings (SSSR count). The lowest BCUT2D eigenvalue weighted by molar-refractivity contribution is -0.385. The third kappa shape index (κ3) is 3.53.